The van der Waals surface area contributed by atoms with Gasteiger partial charge in [-0.1, -0.05) is 30.3 Å². The molecular weight excluding hydrogens is 297 g/mol. The van der Waals surface area contributed by atoms with Crippen molar-refractivity contribution in [2.75, 3.05) is 11.9 Å². The van der Waals surface area contributed by atoms with Crippen LogP contribution in [0.3, 0.4) is 0 Å². The van der Waals surface area contributed by atoms with Gasteiger partial charge in [0.05, 0.1) is 18.3 Å². The Balaban J connectivity index is 2.08. The lowest BCUT2D eigenvalue weighted by molar-refractivity contribution is 0.225. The summed E-state index contributed by atoms with van der Waals surface area (Å²) in [4.78, 5) is 11.8. The van der Waals surface area contributed by atoms with Gasteiger partial charge >= 0.3 is 6.03 Å². The summed E-state index contributed by atoms with van der Waals surface area (Å²) in [7, 11) is 0. The van der Waals surface area contributed by atoms with E-state index in [1.165, 1.54) is 0 Å². The fourth-order valence-electron chi connectivity index (χ4n) is 1.86. The molecule has 0 aromatic heterocycles. The summed E-state index contributed by atoms with van der Waals surface area (Å²) in [6.45, 7) is -0.377. The van der Waals surface area contributed by atoms with Crippen molar-refractivity contribution in [3.8, 4) is 0 Å². The van der Waals surface area contributed by atoms with Crippen molar-refractivity contribution in [3.05, 3.63) is 65.5 Å². The molecule has 0 saturated carbocycles. The minimum Gasteiger partial charge on any atom is -0.394 e. The summed E-state index contributed by atoms with van der Waals surface area (Å²) in [6.07, 6.45) is 0. The second-order valence-electron chi connectivity index (χ2n) is 4.47. The second kappa shape index (κ2) is 6.95. The Bertz CT molecular complexity index is 665. The molecule has 0 unspecified atom stereocenters. The molecule has 0 aliphatic carbocycles. The van der Waals surface area contributed by atoms with Crippen molar-refractivity contribution >= 4 is 11.7 Å². The molecule has 2 aromatic rings. The molecule has 22 heavy (non-hydrogen) atoms. The summed E-state index contributed by atoms with van der Waals surface area (Å²) in [6, 6.07) is 8.66. The zero-order valence-electron chi connectivity index (χ0n) is 11.3. The Morgan fingerprint density at radius 1 is 1.05 bits per heavy atom. The van der Waals surface area contributed by atoms with Crippen LogP contribution < -0.4 is 10.6 Å². The number of halogens is 3. The predicted octanol–water partition coefficient (Wildman–Crippen LogP) is 2.96. The lowest BCUT2D eigenvalue weighted by atomic mass is 10.1. The van der Waals surface area contributed by atoms with E-state index in [-0.39, 0.29) is 6.61 Å². The molecule has 3 N–H and O–H groups in total. The Kier molecular flexibility index (Phi) is 5.00. The summed E-state index contributed by atoms with van der Waals surface area (Å²) < 4.78 is 39.3. The second-order valence-corrected chi connectivity index (χ2v) is 4.47. The van der Waals surface area contributed by atoms with Crippen LogP contribution in [0, 0.1) is 17.5 Å². The number of aliphatic hydroxyl groups is 1. The number of carbonyl (C=O) groups is 1. The number of rotatable bonds is 4. The molecular formula is C15H13F3N2O2. The third kappa shape index (κ3) is 3.56. The fraction of sp³-hybridized carbons (Fsp3) is 0.133. The number of benzene rings is 2. The SMILES string of the molecule is O=C(Nc1ccc(F)c(F)c1F)N[C@H](CO)c1ccccc1. The van der Waals surface area contributed by atoms with Crippen LogP contribution in [0.2, 0.25) is 0 Å². The van der Waals surface area contributed by atoms with Crippen molar-refractivity contribution < 1.29 is 23.1 Å². The molecule has 1 atom stereocenters. The van der Waals surface area contributed by atoms with Crippen LogP contribution in [-0.4, -0.2) is 17.7 Å². The highest BCUT2D eigenvalue weighted by molar-refractivity contribution is 5.89. The van der Waals surface area contributed by atoms with Gasteiger partial charge in [0, 0.05) is 0 Å². The molecule has 0 spiro atoms. The van der Waals surface area contributed by atoms with Crippen LogP contribution in [0.5, 0.6) is 0 Å². The maximum Gasteiger partial charge on any atom is 0.319 e. The molecule has 2 rings (SSSR count). The molecule has 0 aliphatic rings. The summed E-state index contributed by atoms with van der Waals surface area (Å²) in [5.41, 5.74) is 0.145. The Labute approximate surface area is 124 Å². The Morgan fingerprint density at radius 2 is 1.73 bits per heavy atom. The molecule has 0 saturated heterocycles. The average molecular weight is 310 g/mol. The lowest BCUT2D eigenvalue weighted by Gasteiger charge is -2.17. The zero-order chi connectivity index (χ0) is 16.1. The molecule has 7 heteroatoms. The van der Waals surface area contributed by atoms with Crippen molar-refractivity contribution in [3.63, 3.8) is 0 Å². The number of amides is 2. The average Bonchev–Trinajstić information content (AvgIpc) is 2.54. The molecule has 2 amide bonds. The number of hydrogen-bond acceptors (Lipinski definition) is 2. The van der Waals surface area contributed by atoms with E-state index in [4.69, 9.17) is 0 Å². The van der Waals surface area contributed by atoms with Gasteiger partial charge in [-0.25, -0.2) is 18.0 Å². The third-order valence-corrected chi connectivity index (χ3v) is 2.97. The van der Waals surface area contributed by atoms with Gasteiger partial charge in [0.25, 0.3) is 0 Å². The van der Waals surface area contributed by atoms with E-state index in [1.54, 1.807) is 30.3 Å². The van der Waals surface area contributed by atoms with E-state index >= 15 is 0 Å². The molecule has 0 bridgehead atoms. The van der Waals surface area contributed by atoms with E-state index in [2.05, 4.69) is 10.6 Å². The van der Waals surface area contributed by atoms with Crippen LogP contribution >= 0.6 is 0 Å². The van der Waals surface area contributed by atoms with Gasteiger partial charge in [0.1, 0.15) is 0 Å². The van der Waals surface area contributed by atoms with Crippen LogP contribution in [0.25, 0.3) is 0 Å². The smallest absolute Gasteiger partial charge is 0.319 e. The van der Waals surface area contributed by atoms with Gasteiger partial charge in [0.15, 0.2) is 17.5 Å². The molecule has 2 aromatic carbocycles. The van der Waals surface area contributed by atoms with E-state index < -0.39 is 35.2 Å². The normalized spacial score (nSPS) is 11.8. The lowest BCUT2D eigenvalue weighted by Crippen LogP contribution is -2.34. The van der Waals surface area contributed by atoms with Gasteiger partial charge in [-0.05, 0) is 17.7 Å². The number of hydrogen-bond donors (Lipinski definition) is 3. The summed E-state index contributed by atoms with van der Waals surface area (Å²) in [5, 5.41) is 13.8. The van der Waals surface area contributed by atoms with Crippen molar-refractivity contribution in [1.29, 1.82) is 0 Å². The summed E-state index contributed by atoms with van der Waals surface area (Å²) >= 11 is 0. The topological polar surface area (TPSA) is 61.4 Å². The van der Waals surface area contributed by atoms with E-state index in [9.17, 15) is 23.1 Å². The first-order valence-electron chi connectivity index (χ1n) is 6.39. The standard InChI is InChI=1S/C15H13F3N2O2/c16-10-6-7-11(14(18)13(10)17)19-15(22)20-12(8-21)9-4-2-1-3-5-9/h1-7,12,21H,8H2,(H2,19,20,22)/t12-/m1/s1. The molecule has 116 valence electrons. The number of carbonyl (C=O) groups excluding carboxylic acids is 1. The van der Waals surface area contributed by atoms with E-state index in [0.29, 0.717) is 11.6 Å². The summed E-state index contributed by atoms with van der Waals surface area (Å²) in [5.74, 6) is -4.50. The van der Waals surface area contributed by atoms with Crippen molar-refractivity contribution in [2.45, 2.75) is 6.04 Å². The molecule has 4 nitrogen and oxygen atoms in total. The first kappa shape index (κ1) is 15.8. The van der Waals surface area contributed by atoms with Gasteiger partial charge < -0.3 is 15.7 Å². The minimum atomic E-state index is -1.67. The van der Waals surface area contributed by atoms with Gasteiger partial charge in [-0.2, -0.15) is 0 Å². The van der Waals surface area contributed by atoms with Crippen LogP contribution in [-0.2, 0) is 0 Å². The quantitative estimate of drug-likeness (QED) is 0.760. The van der Waals surface area contributed by atoms with Crippen LogP contribution in [0.4, 0.5) is 23.7 Å². The zero-order valence-corrected chi connectivity index (χ0v) is 11.3. The first-order chi connectivity index (χ1) is 10.5. The minimum absolute atomic E-state index is 0.377. The molecule has 0 radical (unpaired) electrons. The number of anilines is 1. The highest BCUT2D eigenvalue weighted by atomic mass is 19.2. The Morgan fingerprint density at radius 3 is 2.36 bits per heavy atom. The van der Waals surface area contributed by atoms with Crippen molar-refractivity contribution in [2.24, 2.45) is 0 Å². The first-order valence-corrected chi connectivity index (χ1v) is 6.39. The van der Waals surface area contributed by atoms with Crippen molar-refractivity contribution in [1.82, 2.24) is 5.32 Å². The van der Waals surface area contributed by atoms with E-state index in [1.807, 2.05) is 0 Å². The van der Waals surface area contributed by atoms with Gasteiger partial charge in [-0.3, -0.25) is 0 Å². The largest absolute Gasteiger partial charge is 0.394 e. The number of nitrogens with one attached hydrogen (secondary N) is 2. The molecule has 0 heterocycles. The van der Waals surface area contributed by atoms with Gasteiger partial charge in [-0.15, -0.1) is 0 Å². The Hall–Kier alpha value is -2.54. The maximum absolute atomic E-state index is 13.5. The highest BCUT2D eigenvalue weighted by Crippen LogP contribution is 2.20. The highest BCUT2D eigenvalue weighted by Gasteiger charge is 2.17. The van der Waals surface area contributed by atoms with Crippen LogP contribution in [0.15, 0.2) is 42.5 Å². The third-order valence-electron chi connectivity index (χ3n) is 2.97. The fourth-order valence-corrected chi connectivity index (χ4v) is 1.86. The maximum atomic E-state index is 13.5. The predicted molar refractivity (Wildman–Crippen MR) is 74.7 cm³/mol. The molecule has 0 aliphatic heterocycles. The molecule has 0 fully saturated rings. The van der Waals surface area contributed by atoms with Gasteiger partial charge in [0.2, 0.25) is 0 Å². The number of aliphatic hydroxyl groups excluding tert-OH is 1. The van der Waals surface area contributed by atoms with Crippen LogP contribution in [0.1, 0.15) is 11.6 Å². The monoisotopic (exact) mass is 310 g/mol. The van der Waals surface area contributed by atoms with E-state index in [0.717, 1.165) is 6.07 Å². The number of urea groups is 1.